The van der Waals surface area contributed by atoms with Crippen LogP contribution in [0.5, 0.6) is 11.5 Å². The van der Waals surface area contributed by atoms with Gasteiger partial charge in [-0.1, -0.05) is 52.0 Å². The van der Waals surface area contributed by atoms with E-state index in [4.69, 9.17) is 34.2 Å². The number of methoxy groups -OCH3 is 1. The SMILES string of the molecule is COC(=O)[C@](N)(Cc1ccc(OC(=O)OCC(C)C)c(OC(=O)OCC(C)C)c1)CC(C)OC(=O)c1ccccc1. The molecule has 0 fully saturated rings. The van der Waals surface area contributed by atoms with Crippen LogP contribution in [0.4, 0.5) is 9.59 Å². The van der Waals surface area contributed by atoms with Gasteiger partial charge in [0.25, 0.3) is 0 Å². The summed E-state index contributed by atoms with van der Waals surface area (Å²) in [6.07, 6.45) is -2.92. The molecule has 2 aromatic carbocycles. The van der Waals surface area contributed by atoms with Gasteiger partial charge >= 0.3 is 24.2 Å². The number of esters is 2. The van der Waals surface area contributed by atoms with Crippen molar-refractivity contribution in [3.05, 3.63) is 59.7 Å². The largest absolute Gasteiger partial charge is 0.513 e. The molecule has 11 nitrogen and oxygen atoms in total. The Morgan fingerprint density at radius 2 is 1.37 bits per heavy atom. The Kier molecular flexibility index (Phi) is 12.6. The molecule has 11 heteroatoms. The van der Waals surface area contributed by atoms with Crippen molar-refractivity contribution in [3.8, 4) is 11.5 Å². The third-order valence-corrected chi connectivity index (χ3v) is 5.54. The minimum Gasteiger partial charge on any atom is -0.468 e. The van der Waals surface area contributed by atoms with Crippen LogP contribution in [0, 0.1) is 11.8 Å². The van der Waals surface area contributed by atoms with Gasteiger partial charge in [0.2, 0.25) is 0 Å². The van der Waals surface area contributed by atoms with E-state index in [9.17, 15) is 19.2 Å². The molecule has 41 heavy (non-hydrogen) atoms. The molecule has 0 saturated carbocycles. The number of hydrogen-bond acceptors (Lipinski definition) is 11. The molecule has 0 aliphatic carbocycles. The molecule has 0 aliphatic rings. The van der Waals surface area contributed by atoms with Gasteiger partial charge < -0.3 is 34.2 Å². The number of ether oxygens (including phenoxy) is 6. The number of nitrogens with two attached hydrogens (primary N) is 1. The molecule has 2 atom stereocenters. The van der Waals surface area contributed by atoms with Crippen molar-refractivity contribution in [2.24, 2.45) is 17.6 Å². The lowest BCUT2D eigenvalue weighted by Gasteiger charge is -2.29. The molecule has 0 aliphatic heterocycles. The van der Waals surface area contributed by atoms with Crippen LogP contribution in [0.15, 0.2) is 48.5 Å². The fourth-order valence-electron chi connectivity index (χ4n) is 3.71. The van der Waals surface area contributed by atoms with Crippen LogP contribution < -0.4 is 15.2 Å². The van der Waals surface area contributed by atoms with E-state index < -0.39 is 35.9 Å². The van der Waals surface area contributed by atoms with Gasteiger partial charge in [-0.2, -0.15) is 0 Å². The highest BCUT2D eigenvalue weighted by molar-refractivity contribution is 5.89. The summed E-state index contributed by atoms with van der Waals surface area (Å²) < 4.78 is 31.2. The highest BCUT2D eigenvalue weighted by Gasteiger charge is 2.38. The Hall–Kier alpha value is -4.12. The standard InChI is InChI=1S/C30H39NO10/c1-19(2)17-37-28(34)40-24-13-12-22(14-25(24)41-29(35)38-18-20(3)4)16-30(31,27(33)36-6)15-21(5)39-26(32)23-10-8-7-9-11-23/h7-14,19-21H,15-18,31H2,1-6H3/t21?,30-/m1/s1. The molecule has 1 unspecified atom stereocenters. The summed E-state index contributed by atoms with van der Waals surface area (Å²) in [5, 5.41) is 0. The number of benzene rings is 2. The predicted octanol–water partition coefficient (Wildman–Crippen LogP) is 5.08. The van der Waals surface area contributed by atoms with E-state index in [1.165, 1.54) is 19.2 Å². The van der Waals surface area contributed by atoms with E-state index in [0.717, 1.165) is 0 Å². The van der Waals surface area contributed by atoms with Crippen LogP contribution in [-0.4, -0.2) is 56.2 Å². The molecular weight excluding hydrogens is 534 g/mol. The molecule has 0 bridgehead atoms. The van der Waals surface area contributed by atoms with Gasteiger partial charge in [0.05, 0.1) is 25.9 Å². The zero-order valence-electron chi connectivity index (χ0n) is 24.3. The third-order valence-electron chi connectivity index (χ3n) is 5.54. The fraction of sp³-hybridized carbons (Fsp3) is 0.467. The lowest BCUT2D eigenvalue weighted by molar-refractivity contribution is -0.148. The summed E-state index contributed by atoms with van der Waals surface area (Å²) in [6, 6.07) is 12.7. The fourth-order valence-corrected chi connectivity index (χ4v) is 3.71. The van der Waals surface area contributed by atoms with Crippen LogP contribution in [0.3, 0.4) is 0 Å². The maximum atomic E-state index is 12.8. The second kappa shape index (κ2) is 15.6. The van der Waals surface area contributed by atoms with Gasteiger partial charge in [-0.3, -0.25) is 4.79 Å². The molecule has 0 saturated heterocycles. The first kappa shape index (κ1) is 33.1. The van der Waals surface area contributed by atoms with E-state index in [1.807, 2.05) is 27.7 Å². The molecule has 224 valence electrons. The number of rotatable bonds is 13. The Balaban J connectivity index is 2.28. The van der Waals surface area contributed by atoms with Crippen LogP contribution in [0.25, 0.3) is 0 Å². The Morgan fingerprint density at radius 1 is 0.805 bits per heavy atom. The predicted molar refractivity (Wildman–Crippen MR) is 149 cm³/mol. The highest BCUT2D eigenvalue weighted by Crippen LogP contribution is 2.32. The van der Waals surface area contributed by atoms with Crippen molar-refractivity contribution in [3.63, 3.8) is 0 Å². The average molecular weight is 574 g/mol. The molecular formula is C30H39NO10. The molecule has 2 rings (SSSR count). The topological polar surface area (TPSA) is 150 Å². The number of carbonyl (C=O) groups excluding carboxylic acids is 4. The first-order valence-corrected chi connectivity index (χ1v) is 13.3. The average Bonchev–Trinajstić information content (AvgIpc) is 2.91. The van der Waals surface area contributed by atoms with Crippen molar-refractivity contribution in [2.45, 2.75) is 59.1 Å². The molecule has 0 spiro atoms. The normalized spacial score (nSPS) is 13.1. The van der Waals surface area contributed by atoms with Gasteiger partial charge in [0.1, 0.15) is 11.6 Å². The van der Waals surface area contributed by atoms with Crippen molar-refractivity contribution < 1.29 is 47.6 Å². The molecule has 2 aromatic rings. The third kappa shape index (κ3) is 11.1. The van der Waals surface area contributed by atoms with Crippen LogP contribution >= 0.6 is 0 Å². The Labute approximate surface area is 240 Å². The highest BCUT2D eigenvalue weighted by atomic mass is 16.7. The zero-order chi connectivity index (χ0) is 30.6. The van der Waals surface area contributed by atoms with Gasteiger partial charge in [-0.15, -0.1) is 0 Å². The van der Waals surface area contributed by atoms with Gasteiger partial charge in [0.15, 0.2) is 11.5 Å². The Bertz CT molecular complexity index is 1180. The van der Waals surface area contributed by atoms with Crippen molar-refractivity contribution in [1.29, 1.82) is 0 Å². The second-order valence-electron chi connectivity index (χ2n) is 10.5. The minimum absolute atomic E-state index is 0.0616. The number of carbonyl (C=O) groups is 4. The van der Waals surface area contributed by atoms with Crippen molar-refractivity contribution >= 4 is 24.2 Å². The monoisotopic (exact) mass is 573 g/mol. The molecule has 2 N–H and O–H groups in total. The maximum Gasteiger partial charge on any atom is 0.513 e. The van der Waals surface area contributed by atoms with Gasteiger partial charge in [0, 0.05) is 12.8 Å². The zero-order valence-corrected chi connectivity index (χ0v) is 24.3. The quantitative estimate of drug-likeness (QED) is 0.194. The summed E-state index contributed by atoms with van der Waals surface area (Å²) in [7, 11) is 1.20. The first-order valence-electron chi connectivity index (χ1n) is 13.3. The lowest BCUT2D eigenvalue weighted by Crippen LogP contribution is -2.53. The maximum absolute atomic E-state index is 12.8. The van der Waals surface area contributed by atoms with Crippen molar-refractivity contribution in [2.75, 3.05) is 20.3 Å². The van der Waals surface area contributed by atoms with E-state index in [2.05, 4.69) is 0 Å². The lowest BCUT2D eigenvalue weighted by atomic mass is 9.86. The van der Waals surface area contributed by atoms with Gasteiger partial charge in [-0.05, 0) is 48.6 Å². The summed E-state index contributed by atoms with van der Waals surface area (Å²) in [4.78, 5) is 49.8. The second-order valence-corrected chi connectivity index (χ2v) is 10.5. The van der Waals surface area contributed by atoms with Crippen LogP contribution in [0.1, 0.15) is 57.0 Å². The van der Waals surface area contributed by atoms with E-state index in [0.29, 0.717) is 11.1 Å². The summed E-state index contributed by atoms with van der Waals surface area (Å²) in [5.41, 5.74) is 5.68. The molecule has 0 aromatic heterocycles. The Morgan fingerprint density at radius 3 is 1.90 bits per heavy atom. The summed E-state index contributed by atoms with van der Waals surface area (Å²) in [5.74, 6) is -1.41. The summed E-state index contributed by atoms with van der Waals surface area (Å²) >= 11 is 0. The van der Waals surface area contributed by atoms with Crippen molar-refractivity contribution in [1.82, 2.24) is 0 Å². The van der Waals surface area contributed by atoms with E-state index in [1.54, 1.807) is 43.3 Å². The van der Waals surface area contributed by atoms with E-state index >= 15 is 0 Å². The molecule has 0 heterocycles. The summed E-state index contributed by atoms with van der Waals surface area (Å²) in [6.45, 7) is 9.31. The number of hydrogen-bond donors (Lipinski definition) is 1. The van der Waals surface area contributed by atoms with Crippen LogP contribution in [0.2, 0.25) is 0 Å². The van der Waals surface area contributed by atoms with E-state index in [-0.39, 0.29) is 49.4 Å². The first-order chi connectivity index (χ1) is 19.3. The molecule has 0 radical (unpaired) electrons. The van der Waals surface area contributed by atoms with Gasteiger partial charge in [-0.25, -0.2) is 14.4 Å². The minimum atomic E-state index is -1.63. The molecule has 0 amide bonds. The smallest absolute Gasteiger partial charge is 0.468 e. The van der Waals surface area contributed by atoms with Crippen LogP contribution in [-0.2, 0) is 30.2 Å².